The van der Waals surface area contributed by atoms with Crippen molar-refractivity contribution in [3.63, 3.8) is 0 Å². The molecule has 1 aliphatic heterocycles. The average molecular weight is 259 g/mol. The van der Waals surface area contributed by atoms with Crippen molar-refractivity contribution >= 4 is 10.0 Å². The summed E-state index contributed by atoms with van der Waals surface area (Å²) < 4.78 is 31.3. The van der Waals surface area contributed by atoms with Gasteiger partial charge in [-0.3, -0.25) is 0 Å². The molecule has 5 nitrogen and oxygen atoms in total. The summed E-state index contributed by atoms with van der Waals surface area (Å²) in [6, 6.07) is 2.88. The van der Waals surface area contributed by atoms with Crippen LogP contribution < -0.4 is 0 Å². The van der Waals surface area contributed by atoms with E-state index in [1.54, 1.807) is 0 Å². The lowest BCUT2D eigenvalue weighted by Gasteiger charge is -2.29. The first kappa shape index (κ1) is 12.6. The molecule has 0 saturated carbocycles. The number of aliphatic hydroxyl groups excluding tert-OH is 1. The Bertz CT molecular complexity index is 503. The van der Waals surface area contributed by atoms with Crippen molar-refractivity contribution in [2.24, 2.45) is 0 Å². The molecular formula is C11H17NO4S. The van der Waals surface area contributed by atoms with Crippen LogP contribution in [0.4, 0.5) is 0 Å². The number of rotatable bonds is 3. The summed E-state index contributed by atoms with van der Waals surface area (Å²) in [5.74, 6) is 0.264. The van der Waals surface area contributed by atoms with Crippen LogP contribution in [-0.2, 0) is 16.6 Å². The fourth-order valence-electron chi connectivity index (χ4n) is 2.22. The number of aliphatic hydroxyl groups is 1. The summed E-state index contributed by atoms with van der Waals surface area (Å²) in [5.41, 5.74) is -0.370. The summed E-state index contributed by atoms with van der Waals surface area (Å²) in [6.45, 7) is 4.05. The van der Waals surface area contributed by atoms with Crippen molar-refractivity contribution in [1.29, 1.82) is 0 Å². The monoisotopic (exact) mass is 259 g/mol. The third-order valence-electron chi connectivity index (χ3n) is 3.16. The van der Waals surface area contributed by atoms with E-state index in [9.17, 15) is 8.42 Å². The van der Waals surface area contributed by atoms with E-state index in [1.165, 1.54) is 16.4 Å². The first-order chi connectivity index (χ1) is 7.88. The van der Waals surface area contributed by atoms with E-state index in [1.807, 2.05) is 13.8 Å². The molecule has 17 heavy (non-hydrogen) atoms. The molecule has 0 amide bonds. The summed E-state index contributed by atoms with van der Waals surface area (Å²) in [5, 5.41) is 8.80. The van der Waals surface area contributed by atoms with Gasteiger partial charge in [0.1, 0.15) is 12.4 Å². The van der Waals surface area contributed by atoms with Gasteiger partial charge in [-0.15, -0.1) is 0 Å². The highest BCUT2D eigenvalue weighted by molar-refractivity contribution is 7.89. The van der Waals surface area contributed by atoms with Gasteiger partial charge in [-0.1, -0.05) is 0 Å². The molecule has 0 atom stereocenters. The SMILES string of the molecule is CC1(C)CCCN1S(=O)(=O)c1ccc(CO)o1. The minimum absolute atomic E-state index is 0.0866. The molecule has 6 heteroatoms. The predicted octanol–water partition coefficient (Wildman–Crippen LogP) is 1.33. The topological polar surface area (TPSA) is 70.8 Å². The van der Waals surface area contributed by atoms with Crippen LogP contribution in [0.15, 0.2) is 21.6 Å². The van der Waals surface area contributed by atoms with Crippen LogP contribution in [0.2, 0.25) is 0 Å². The van der Waals surface area contributed by atoms with Gasteiger partial charge >= 0.3 is 0 Å². The predicted molar refractivity (Wildman–Crippen MR) is 61.8 cm³/mol. The van der Waals surface area contributed by atoms with Crippen LogP contribution in [0.5, 0.6) is 0 Å². The quantitative estimate of drug-likeness (QED) is 0.889. The van der Waals surface area contributed by atoms with E-state index in [-0.39, 0.29) is 23.0 Å². The second-order valence-corrected chi connectivity index (χ2v) is 6.67. The zero-order chi connectivity index (χ0) is 12.7. The van der Waals surface area contributed by atoms with Crippen LogP contribution in [0.3, 0.4) is 0 Å². The normalized spacial score (nSPS) is 20.9. The Morgan fingerprint density at radius 2 is 2.18 bits per heavy atom. The van der Waals surface area contributed by atoms with Gasteiger partial charge in [0.25, 0.3) is 10.0 Å². The summed E-state index contributed by atoms with van der Waals surface area (Å²) in [7, 11) is -3.58. The highest BCUT2D eigenvalue weighted by Gasteiger charge is 2.42. The van der Waals surface area contributed by atoms with Crippen LogP contribution in [0.25, 0.3) is 0 Å². The Kier molecular flexibility index (Phi) is 3.05. The molecule has 1 aliphatic rings. The fourth-order valence-corrected chi connectivity index (χ4v) is 4.00. The number of furan rings is 1. The second kappa shape index (κ2) is 4.12. The lowest BCUT2D eigenvalue weighted by molar-refractivity contribution is 0.232. The molecule has 1 aromatic rings. The molecule has 1 aromatic heterocycles. The number of hydrogen-bond acceptors (Lipinski definition) is 4. The van der Waals surface area contributed by atoms with Crippen LogP contribution in [-0.4, -0.2) is 29.9 Å². The summed E-state index contributed by atoms with van der Waals surface area (Å²) in [4.78, 5) is 0. The van der Waals surface area contributed by atoms with Gasteiger partial charge in [0, 0.05) is 12.1 Å². The van der Waals surface area contributed by atoms with E-state index in [2.05, 4.69) is 0 Å². The second-order valence-electron chi connectivity index (χ2n) is 4.87. The summed E-state index contributed by atoms with van der Waals surface area (Å²) >= 11 is 0. The Labute approximate surface area is 101 Å². The van der Waals surface area contributed by atoms with E-state index in [4.69, 9.17) is 9.52 Å². The first-order valence-corrected chi connectivity index (χ1v) is 7.04. The molecule has 0 radical (unpaired) electrons. The smallest absolute Gasteiger partial charge is 0.276 e. The molecule has 0 unspecified atom stereocenters. The Morgan fingerprint density at radius 3 is 2.65 bits per heavy atom. The molecule has 2 heterocycles. The maximum Gasteiger partial charge on any atom is 0.276 e. The van der Waals surface area contributed by atoms with Crippen molar-refractivity contribution < 1.29 is 17.9 Å². The summed E-state index contributed by atoms with van der Waals surface area (Å²) in [6.07, 6.45) is 1.71. The van der Waals surface area contributed by atoms with Crippen molar-refractivity contribution in [2.45, 2.75) is 43.9 Å². The van der Waals surface area contributed by atoms with Gasteiger partial charge in [-0.2, -0.15) is 4.31 Å². The van der Waals surface area contributed by atoms with E-state index < -0.39 is 10.0 Å². The first-order valence-electron chi connectivity index (χ1n) is 5.60. The molecule has 1 fully saturated rings. The fraction of sp³-hybridized carbons (Fsp3) is 0.636. The Balaban J connectivity index is 2.36. The van der Waals surface area contributed by atoms with Gasteiger partial charge in [0.2, 0.25) is 5.09 Å². The maximum atomic E-state index is 12.3. The number of nitrogens with zero attached hydrogens (tertiary/aromatic N) is 1. The van der Waals surface area contributed by atoms with E-state index >= 15 is 0 Å². The molecule has 0 aromatic carbocycles. The van der Waals surface area contributed by atoms with Crippen molar-refractivity contribution in [2.75, 3.05) is 6.54 Å². The largest absolute Gasteiger partial charge is 0.446 e. The minimum atomic E-state index is -3.58. The van der Waals surface area contributed by atoms with Gasteiger partial charge in [0.15, 0.2) is 0 Å². The van der Waals surface area contributed by atoms with Crippen LogP contribution >= 0.6 is 0 Å². The highest BCUT2D eigenvalue weighted by atomic mass is 32.2. The van der Waals surface area contributed by atoms with Crippen molar-refractivity contribution in [3.05, 3.63) is 17.9 Å². The molecule has 1 N–H and O–H groups in total. The van der Waals surface area contributed by atoms with Gasteiger partial charge in [-0.25, -0.2) is 8.42 Å². The van der Waals surface area contributed by atoms with Crippen LogP contribution in [0.1, 0.15) is 32.4 Å². The molecule has 0 aliphatic carbocycles. The van der Waals surface area contributed by atoms with Crippen molar-refractivity contribution in [3.8, 4) is 0 Å². The van der Waals surface area contributed by atoms with E-state index in [0.717, 1.165) is 12.8 Å². The van der Waals surface area contributed by atoms with Crippen LogP contribution in [0, 0.1) is 0 Å². The maximum absolute atomic E-state index is 12.3. The van der Waals surface area contributed by atoms with Gasteiger partial charge in [-0.05, 0) is 38.8 Å². The number of hydrogen-bond donors (Lipinski definition) is 1. The average Bonchev–Trinajstić information content (AvgIpc) is 2.83. The Morgan fingerprint density at radius 1 is 1.47 bits per heavy atom. The molecule has 0 spiro atoms. The molecule has 96 valence electrons. The lowest BCUT2D eigenvalue weighted by Crippen LogP contribution is -2.42. The molecule has 0 bridgehead atoms. The third kappa shape index (κ3) is 2.12. The van der Waals surface area contributed by atoms with Gasteiger partial charge < -0.3 is 9.52 Å². The van der Waals surface area contributed by atoms with Crippen molar-refractivity contribution in [1.82, 2.24) is 4.31 Å². The Hall–Kier alpha value is -0.850. The number of sulfonamides is 1. The van der Waals surface area contributed by atoms with Gasteiger partial charge in [0.05, 0.1) is 0 Å². The lowest BCUT2D eigenvalue weighted by atomic mass is 10.0. The van der Waals surface area contributed by atoms with E-state index in [0.29, 0.717) is 6.54 Å². The minimum Gasteiger partial charge on any atom is -0.446 e. The zero-order valence-corrected chi connectivity index (χ0v) is 10.8. The standard InChI is InChI=1S/C11H17NO4S/c1-11(2)6-3-7-12(11)17(14,15)10-5-4-9(8-13)16-10/h4-5,13H,3,6-8H2,1-2H3. The molecule has 1 saturated heterocycles. The zero-order valence-electron chi connectivity index (χ0n) is 10.0. The highest BCUT2D eigenvalue weighted by Crippen LogP contribution is 2.34. The molecular weight excluding hydrogens is 242 g/mol. The third-order valence-corrected chi connectivity index (χ3v) is 5.15. The molecule has 2 rings (SSSR count).